The molecule has 0 aliphatic heterocycles. The third kappa shape index (κ3) is 4.04. The zero-order chi connectivity index (χ0) is 26.4. The molecule has 37 heavy (non-hydrogen) atoms. The van der Waals surface area contributed by atoms with Crippen molar-refractivity contribution in [1.29, 1.82) is 5.26 Å². The number of nitriles is 1. The molecule has 14 heteroatoms. The van der Waals surface area contributed by atoms with Crippen LogP contribution in [0.2, 0.25) is 10.2 Å². The zero-order valence-corrected chi connectivity index (χ0v) is 20.2. The summed E-state index contributed by atoms with van der Waals surface area (Å²) in [5.74, 6) is -2.37. The lowest BCUT2D eigenvalue weighted by atomic mass is 10.1. The fourth-order valence-corrected chi connectivity index (χ4v) is 4.13. The van der Waals surface area contributed by atoms with Gasteiger partial charge in [-0.3, -0.25) is 14.3 Å². The van der Waals surface area contributed by atoms with Crippen molar-refractivity contribution in [1.82, 2.24) is 34.1 Å². The second-order valence-corrected chi connectivity index (χ2v) is 8.60. The van der Waals surface area contributed by atoms with E-state index in [1.54, 1.807) is 13.0 Å². The fraction of sp³-hybridized carbons (Fsp3) is 0.0870. The molecule has 0 atom stereocenters. The Morgan fingerprint density at radius 1 is 1.05 bits per heavy atom. The lowest BCUT2D eigenvalue weighted by Gasteiger charge is -2.18. The maximum Gasteiger partial charge on any atom is 0.337 e. The molecule has 0 aliphatic rings. The Kier molecular flexibility index (Phi) is 6.02. The third-order valence-corrected chi connectivity index (χ3v) is 6.12. The molecule has 0 unspecified atom stereocenters. The minimum atomic E-state index is -1.21. The van der Waals surface area contributed by atoms with Gasteiger partial charge in [0.25, 0.3) is 5.56 Å². The van der Waals surface area contributed by atoms with Gasteiger partial charge in [0, 0.05) is 30.1 Å². The summed E-state index contributed by atoms with van der Waals surface area (Å²) in [5, 5.41) is 17.3. The monoisotopic (exact) mass is 540 g/mol. The van der Waals surface area contributed by atoms with Gasteiger partial charge in [-0.25, -0.2) is 27.8 Å². The van der Waals surface area contributed by atoms with E-state index in [0.29, 0.717) is 5.56 Å². The van der Waals surface area contributed by atoms with Crippen molar-refractivity contribution >= 4 is 34.2 Å². The first-order valence-electron chi connectivity index (χ1n) is 10.4. The SMILES string of the molecule is Cc1cncc(-n2c(=O)c(-n3nnc4cc(F)c(F)cc43)c(-c3cnc(Cl)c(Cl)c3)n(CC#N)c2=O)c1. The molecule has 1 aromatic carbocycles. The Morgan fingerprint density at radius 2 is 1.81 bits per heavy atom. The van der Waals surface area contributed by atoms with Crippen LogP contribution in [0.15, 0.2) is 52.4 Å². The average molecular weight is 541 g/mol. The maximum absolute atomic E-state index is 14.2. The van der Waals surface area contributed by atoms with Crippen LogP contribution in [-0.2, 0) is 6.54 Å². The summed E-state index contributed by atoms with van der Waals surface area (Å²) in [6.07, 6.45) is 4.07. The van der Waals surface area contributed by atoms with Gasteiger partial charge in [-0.05, 0) is 24.6 Å². The van der Waals surface area contributed by atoms with Gasteiger partial charge in [0.1, 0.15) is 17.2 Å². The second-order valence-electron chi connectivity index (χ2n) is 7.84. The van der Waals surface area contributed by atoms with Crippen molar-refractivity contribution in [2.24, 2.45) is 0 Å². The van der Waals surface area contributed by atoms with Gasteiger partial charge in [0.15, 0.2) is 17.3 Å². The van der Waals surface area contributed by atoms with Crippen LogP contribution < -0.4 is 11.2 Å². The summed E-state index contributed by atoms with van der Waals surface area (Å²) in [7, 11) is 0. The number of hydrogen-bond donors (Lipinski definition) is 0. The average Bonchev–Trinajstić information content (AvgIpc) is 3.25. The number of halogens is 4. The fourth-order valence-electron chi connectivity index (χ4n) is 3.86. The summed E-state index contributed by atoms with van der Waals surface area (Å²) in [6, 6.07) is 6.43. The smallest absolute Gasteiger partial charge is 0.277 e. The number of fused-ring (bicyclic) bond motifs is 1. The Labute approximate surface area is 215 Å². The molecule has 184 valence electrons. The van der Waals surface area contributed by atoms with Crippen molar-refractivity contribution in [3.8, 4) is 28.7 Å². The number of rotatable bonds is 4. The molecule has 0 saturated heterocycles. The number of hydrogen-bond acceptors (Lipinski definition) is 7. The summed E-state index contributed by atoms with van der Waals surface area (Å²) in [5.41, 5.74) is -1.41. The Balaban J connectivity index is 2.00. The molecular weight excluding hydrogens is 529 g/mol. The molecule has 4 aromatic heterocycles. The third-order valence-electron chi connectivity index (χ3n) is 5.44. The molecule has 0 fully saturated rings. The van der Waals surface area contributed by atoms with E-state index in [1.165, 1.54) is 24.7 Å². The van der Waals surface area contributed by atoms with Gasteiger partial charge in [-0.1, -0.05) is 28.4 Å². The van der Waals surface area contributed by atoms with Crippen LogP contribution >= 0.6 is 23.2 Å². The minimum Gasteiger partial charge on any atom is -0.277 e. The van der Waals surface area contributed by atoms with Gasteiger partial charge in [-0.2, -0.15) is 5.26 Å². The predicted molar refractivity (Wildman–Crippen MR) is 130 cm³/mol. The first kappa shape index (κ1) is 24.2. The van der Waals surface area contributed by atoms with E-state index in [-0.39, 0.29) is 43.8 Å². The lowest BCUT2D eigenvalue weighted by Crippen LogP contribution is -2.42. The molecule has 0 spiro atoms. The highest BCUT2D eigenvalue weighted by Gasteiger charge is 2.26. The van der Waals surface area contributed by atoms with Crippen molar-refractivity contribution in [3.63, 3.8) is 0 Å². The minimum absolute atomic E-state index is 0.00435. The van der Waals surface area contributed by atoms with Gasteiger partial charge < -0.3 is 0 Å². The van der Waals surface area contributed by atoms with Gasteiger partial charge in [0.2, 0.25) is 0 Å². The van der Waals surface area contributed by atoms with E-state index in [1.807, 2.05) is 6.07 Å². The van der Waals surface area contributed by atoms with E-state index in [9.17, 15) is 23.6 Å². The topological polar surface area (TPSA) is 124 Å². The molecule has 10 nitrogen and oxygen atoms in total. The van der Waals surface area contributed by atoms with Crippen molar-refractivity contribution in [2.75, 3.05) is 0 Å². The first-order chi connectivity index (χ1) is 17.7. The van der Waals surface area contributed by atoms with Gasteiger partial charge in [-0.15, -0.1) is 5.10 Å². The highest BCUT2D eigenvalue weighted by molar-refractivity contribution is 6.41. The van der Waals surface area contributed by atoms with Gasteiger partial charge in [0.05, 0.1) is 34.2 Å². The van der Waals surface area contributed by atoms with E-state index in [2.05, 4.69) is 20.3 Å². The van der Waals surface area contributed by atoms with Crippen LogP contribution in [0.25, 0.3) is 33.7 Å². The number of benzene rings is 1. The zero-order valence-electron chi connectivity index (χ0n) is 18.7. The van der Waals surface area contributed by atoms with Crippen molar-refractivity contribution in [2.45, 2.75) is 13.5 Å². The summed E-state index contributed by atoms with van der Waals surface area (Å²) in [4.78, 5) is 35.7. The van der Waals surface area contributed by atoms with E-state index in [0.717, 1.165) is 25.9 Å². The van der Waals surface area contributed by atoms with Crippen LogP contribution in [0.5, 0.6) is 0 Å². The van der Waals surface area contributed by atoms with E-state index >= 15 is 0 Å². The quantitative estimate of drug-likeness (QED) is 0.319. The number of pyridine rings is 2. The number of aromatic nitrogens is 7. The van der Waals surface area contributed by atoms with Crippen LogP contribution in [-0.4, -0.2) is 34.1 Å². The van der Waals surface area contributed by atoms with Crippen molar-refractivity contribution < 1.29 is 8.78 Å². The molecule has 0 aliphatic carbocycles. The highest BCUT2D eigenvalue weighted by Crippen LogP contribution is 2.30. The van der Waals surface area contributed by atoms with E-state index < -0.39 is 29.4 Å². The lowest BCUT2D eigenvalue weighted by molar-refractivity contribution is 0.510. The Bertz CT molecular complexity index is 1890. The molecule has 0 radical (unpaired) electrons. The molecule has 4 heterocycles. The van der Waals surface area contributed by atoms with E-state index in [4.69, 9.17) is 23.2 Å². The molecular formula is C23H12Cl2F2N8O2. The maximum atomic E-state index is 14.2. The van der Waals surface area contributed by atoms with Crippen molar-refractivity contribution in [3.05, 3.63) is 91.1 Å². The summed E-state index contributed by atoms with van der Waals surface area (Å²) >= 11 is 12.1. The molecule has 5 aromatic rings. The van der Waals surface area contributed by atoms with Crippen LogP contribution in [0.1, 0.15) is 5.56 Å². The summed E-state index contributed by atoms with van der Waals surface area (Å²) in [6.45, 7) is 1.21. The molecule has 0 N–H and O–H groups in total. The van der Waals surface area contributed by atoms with Gasteiger partial charge >= 0.3 is 5.69 Å². The molecule has 0 bridgehead atoms. The Hall–Kier alpha value is -4.47. The number of nitrogens with zero attached hydrogens (tertiary/aromatic N) is 8. The predicted octanol–water partition coefficient (Wildman–Crippen LogP) is 3.61. The molecule has 5 rings (SSSR count). The Morgan fingerprint density at radius 3 is 2.51 bits per heavy atom. The van der Waals surface area contributed by atoms with Crippen LogP contribution in [0, 0.1) is 29.9 Å². The number of aryl methyl sites for hydroxylation is 1. The summed E-state index contributed by atoms with van der Waals surface area (Å²) < 4.78 is 30.9. The standard InChI is InChI=1S/C23H12Cl2F2N8O2/c1-11-4-13(10-29-8-11)34-22(36)20(35-18-7-16(27)15(26)6-17(18)31-32-35)19(33(3-2-28)23(34)37)12-5-14(24)21(25)30-9-12/h4-10H,3H2,1H3. The highest BCUT2D eigenvalue weighted by atomic mass is 35.5. The van der Waals surface area contributed by atoms with Crippen LogP contribution in [0.3, 0.4) is 0 Å². The largest absolute Gasteiger partial charge is 0.337 e. The first-order valence-corrected chi connectivity index (χ1v) is 11.2. The molecule has 0 amide bonds. The second kappa shape index (κ2) is 9.20. The van der Waals surface area contributed by atoms with Crippen LogP contribution in [0.4, 0.5) is 8.78 Å². The normalized spacial score (nSPS) is 11.1. The molecule has 0 saturated carbocycles.